The third-order valence-electron chi connectivity index (χ3n) is 2.39. The van der Waals surface area contributed by atoms with Crippen LogP contribution in [-0.4, -0.2) is 52.8 Å². The van der Waals surface area contributed by atoms with Crippen molar-refractivity contribution in [2.45, 2.75) is 42.8 Å². The quantitative estimate of drug-likeness (QED) is 0.423. The molecule has 0 aliphatic carbocycles. The van der Waals surface area contributed by atoms with Crippen LogP contribution in [-0.2, 0) is 14.3 Å². The summed E-state index contributed by atoms with van der Waals surface area (Å²) in [6.07, 6.45) is 3.23. The average molecular weight is 374 g/mol. The summed E-state index contributed by atoms with van der Waals surface area (Å²) in [5, 5.41) is 4.21. The summed E-state index contributed by atoms with van der Waals surface area (Å²) < 4.78 is 9.74. The van der Waals surface area contributed by atoms with Gasteiger partial charge in [-0.2, -0.15) is 0 Å². The van der Waals surface area contributed by atoms with E-state index in [2.05, 4.69) is 20.0 Å². The number of hydrogen-bond donors (Lipinski definition) is 1. The molecule has 134 valence electrons. The van der Waals surface area contributed by atoms with E-state index in [4.69, 9.17) is 4.74 Å². The number of ether oxygens (including phenoxy) is 2. The van der Waals surface area contributed by atoms with Crippen LogP contribution in [0.25, 0.3) is 0 Å². The van der Waals surface area contributed by atoms with Gasteiger partial charge in [-0.1, -0.05) is 0 Å². The molecule has 0 aliphatic heterocycles. The van der Waals surface area contributed by atoms with Crippen LogP contribution in [0.5, 0.6) is 0 Å². The zero-order valence-electron chi connectivity index (χ0n) is 14.3. The van der Waals surface area contributed by atoms with Gasteiger partial charge >= 0.3 is 12.1 Å². The van der Waals surface area contributed by atoms with E-state index in [1.54, 1.807) is 12.4 Å². The number of nitrogens with one attached hydrogen (secondary N) is 1. The zero-order valence-corrected chi connectivity index (χ0v) is 16.0. The lowest BCUT2D eigenvalue weighted by Gasteiger charge is -2.19. The average Bonchev–Trinajstić information content (AvgIpc) is 2.50. The highest BCUT2D eigenvalue weighted by molar-refractivity contribution is 7.99. The summed E-state index contributed by atoms with van der Waals surface area (Å²) in [5.41, 5.74) is -0.502. The number of alkyl carbamates (subject to hydrolysis) is 1. The number of amides is 1. The van der Waals surface area contributed by atoms with Gasteiger partial charge in [0, 0.05) is 18.1 Å². The minimum absolute atomic E-state index is 0.241. The maximum absolute atomic E-state index is 11.5. The van der Waals surface area contributed by atoms with Crippen LogP contribution in [0.1, 0.15) is 27.2 Å². The number of aromatic nitrogens is 2. The molecule has 7 nitrogen and oxygen atoms in total. The zero-order chi connectivity index (χ0) is 18.0. The Bertz CT molecular complexity index is 550. The Morgan fingerprint density at radius 1 is 1.17 bits per heavy atom. The first-order chi connectivity index (χ1) is 11.3. The smallest absolute Gasteiger partial charge is 0.407 e. The number of methoxy groups -OCH3 is 1. The van der Waals surface area contributed by atoms with Crippen molar-refractivity contribution in [1.82, 2.24) is 15.3 Å². The lowest BCUT2D eigenvalue weighted by atomic mass is 10.2. The van der Waals surface area contributed by atoms with Crippen LogP contribution in [0.2, 0.25) is 0 Å². The van der Waals surface area contributed by atoms with E-state index in [0.29, 0.717) is 24.5 Å². The van der Waals surface area contributed by atoms with Gasteiger partial charge in [-0.3, -0.25) is 9.78 Å². The normalized spacial score (nSPS) is 11.0. The van der Waals surface area contributed by atoms with Crippen molar-refractivity contribution in [3.05, 3.63) is 12.4 Å². The number of carbonyl (C=O) groups is 2. The summed E-state index contributed by atoms with van der Waals surface area (Å²) in [5.74, 6) is 1.01. The Kier molecular flexibility index (Phi) is 8.91. The summed E-state index contributed by atoms with van der Waals surface area (Å²) >= 11 is 2.94. The van der Waals surface area contributed by atoms with Crippen LogP contribution >= 0.6 is 23.5 Å². The van der Waals surface area contributed by atoms with Crippen LogP contribution in [0, 0.1) is 0 Å². The van der Waals surface area contributed by atoms with Crippen molar-refractivity contribution in [2.24, 2.45) is 0 Å². The molecule has 1 heterocycles. The third-order valence-corrected chi connectivity index (χ3v) is 4.20. The lowest BCUT2D eigenvalue weighted by molar-refractivity contribution is -0.140. The second-order valence-corrected chi connectivity index (χ2v) is 7.88. The summed E-state index contributed by atoms with van der Waals surface area (Å²) in [7, 11) is 1.37. The fourth-order valence-corrected chi connectivity index (χ4v) is 2.98. The summed E-state index contributed by atoms with van der Waals surface area (Å²) in [4.78, 5) is 31.1. The molecule has 0 unspecified atom stereocenters. The van der Waals surface area contributed by atoms with E-state index >= 15 is 0 Å². The van der Waals surface area contributed by atoms with Crippen LogP contribution < -0.4 is 5.32 Å². The Balaban J connectivity index is 2.29. The molecule has 0 saturated heterocycles. The second-order valence-electron chi connectivity index (χ2n) is 5.65. The van der Waals surface area contributed by atoms with Crippen molar-refractivity contribution < 1.29 is 19.1 Å². The van der Waals surface area contributed by atoms with Crippen LogP contribution in [0.4, 0.5) is 4.79 Å². The van der Waals surface area contributed by atoms with E-state index in [9.17, 15) is 9.59 Å². The highest BCUT2D eigenvalue weighted by atomic mass is 32.2. The van der Waals surface area contributed by atoms with Crippen molar-refractivity contribution in [2.75, 3.05) is 25.2 Å². The number of carbonyl (C=O) groups excluding carboxylic acids is 2. The Labute approximate surface area is 150 Å². The number of nitrogens with zero attached hydrogens (tertiary/aromatic N) is 2. The van der Waals surface area contributed by atoms with Gasteiger partial charge in [-0.15, -0.1) is 23.5 Å². The largest absolute Gasteiger partial charge is 0.469 e. The fraction of sp³-hybridized carbons (Fsp3) is 0.600. The number of rotatable bonds is 8. The van der Waals surface area contributed by atoms with Crippen molar-refractivity contribution >= 4 is 35.6 Å². The number of thioether (sulfide) groups is 2. The van der Waals surface area contributed by atoms with E-state index in [0.717, 1.165) is 10.1 Å². The van der Waals surface area contributed by atoms with Crippen LogP contribution in [0.15, 0.2) is 22.4 Å². The monoisotopic (exact) mass is 373 g/mol. The van der Waals surface area contributed by atoms with Gasteiger partial charge in [0.25, 0.3) is 0 Å². The van der Waals surface area contributed by atoms with Gasteiger partial charge in [0.1, 0.15) is 15.7 Å². The highest BCUT2D eigenvalue weighted by Crippen LogP contribution is 2.20. The van der Waals surface area contributed by atoms with E-state index in [1.807, 2.05) is 20.8 Å². The maximum Gasteiger partial charge on any atom is 0.407 e. The second kappa shape index (κ2) is 10.4. The minimum atomic E-state index is -0.502. The van der Waals surface area contributed by atoms with Gasteiger partial charge < -0.3 is 14.8 Å². The minimum Gasteiger partial charge on any atom is -0.469 e. The topological polar surface area (TPSA) is 90.4 Å². The molecule has 0 fully saturated rings. The molecule has 1 aromatic rings. The van der Waals surface area contributed by atoms with E-state index < -0.39 is 11.7 Å². The first kappa shape index (κ1) is 20.6. The molecule has 1 N–H and O–H groups in total. The molecule has 1 amide bonds. The molecular weight excluding hydrogens is 350 g/mol. The van der Waals surface area contributed by atoms with Crippen molar-refractivity contribution in [3.8, 4) is 0 Å². The first-order valence-corrected chi connectivity index (χ1v) is 9.38. The Hall–Kier alpha value is -1.48. The van der Waals surface area contributed by atoms with Gasteiger partial charge in [-0.25, -0.2) is 9.78 Å². The third kappa shape index (κ3) is 9.61. The molecule has 1 rings (SSSR count). The first-order valence-electron chi connectivity index (χ1n) is 7.41. The van der Waals surface area contributed by atoms with Gasteiger partial charge in [0.05, 0.1) is 25.9 Å². The Morgan fingerprint density at radius 2 is 1.79 bits per heavy atom. The predicted molar refractivity (Wildman–Crippen MR) is 94.3 cm³/mol. The van der Waals surface area contributed by atoms with Gasteiger partial charge in [-0.05, 0) is 20.8 Å². The molecule has 24 heavy (non-hydrogen) atoms. The predicted octanol–water partition coefficient (Wildman–Crippen LogP) is 2.75. The number of esters is 1. The van der Waals surface area contributed by atoms with Gasteiger partial charge in [0.15, 0.2) is 0 Å². The molecule has 0 spiro atoms. The molecule has 0 aliphatic rings. The van der Waals surface area contributed by atoms with Crippen molar-refractivity contribution in [1.29, 1.82) is 0 Å². The van der Waals surface area contributed by atoms with E-state index in [1.165, 1.54) is 30.6 Å². The van der Waals surface area contributed by atoms with Crippen molar-refractivity contribution in [3.63, 3.8) is 0 Å². The van der Waals surface area contributed by atoms with Crippen LogP contribution in [0.3, 0.4) is 0 Å². The SMILES string of the molecule is COC(=O)CCSc1cncc(SCCNC(=O)OC(C)(C)C)n1. The number of hydrogen-bond acceptors (Lipinski definition) is 8. The molecule has 0 aromatic carbocycles. The molecule has 0 radical (unpaired) electrons. The van der Waals surface area contributed by atoms with Gasteiger partial charge in [0.2, 0.25) is 0 Å². The molecular formula is C15H23N3O4S2. The molecule has 9 heteroatoms. The highest BCUT2D eigenvalue weighted by Gasteiger charge is 2.15. The molecule has 0 saturated carbocycles. The molecule has 1 aromatic heterocycles. The summed E-state index contributed by atoms with van der Waals surface area (Å²) in [6, 6.07) is 0. The molecule has 0 atom stereocenters. The lowest BCUT2D eigenvalue weighted by Crippen LogP contribution is -2.33. The molecule has 0 bridgehead atoms. The van der Waals surface area contributed by atoms with E-state index in [-0.39, 0.29) is 5.97 Å². The summed E-state index contributed by atoms with van der Waals surface area (Å²) in [6.45, 7) is 5.93. The fourth-order valence-electron chi connectivity index (χ4n) is 1.43. The maximum atomic E-state index is 11.5. The standard InChI is InChI=1S/C15H23N3O4S2/c1-15(2,3)22-14(20)17-6-8-24-12-10-16-9-11(18-12)23-7-5-13(19)21-4/h9-10H,5-8H2,1-4H3,(H,17,20). The Morgan fingerprint density at radius 3 is 2.38 bits per heavy atom.